The van der Waals surface area contributed by atoms with Crippen molar-refractivity contribution in [3.63, 3.8) is 0 Å². The van der Waals surface area contributed by atoms with Crippen molar-refractivity contribution in [1.82, 2.24) is 14.8 Å². The number of benzene rings is 1. The lowest BCUT2D eigenvalue weighted by atomic mass is 10.1. The highest BCUT2D eigenvalue weighted by atomic mass is 35.5. The molecule has 1 N–H and O–H groups in total. The topological polar surface area (TPSA) is 95.3 Å². The number of hydrogen-bond donors (Lipinski definition) is 1. The lowest BCUT2D eigenvalue weighted by molar-refractivity contribution is -0.113. The largest absolute Gasteiger partial charge is 0.483 e. The summed E-state index contributed by atoms with van der Waals surface area (Å²) in [5.41, 5.74) is 1.52. The molecule has 1 atom stereocenters. The SMILES string of the molecule is COC(=O)c1c(NC(=O)CSc2nnc(C(C)Oc3cccc(Cl)c3)n2C)sc2c1CCCCC2. The molecule has 2 heterocycles. The number of aromatic nitrogens is 3. The van der Waals surface area contributed by atoms with E-state index in [4.69, 9.17) is 21.1 Å². The monoisotopic (exact) mass is 534 g/mol. The average Bonchev–Trinajstić information content (AvgIpc) is 3.27. The van der Waals surface area contributed by atoms with Crippen molar-refractivity contribution in [3.8, 4) is 5.75 Å². The molecule has 4 rings (SSSR count). The van der Waals surface area contributed by atoms with Crippen molar-refractivity contribution in [2.45, 2.75) is 50.3 Å². The molecule has 0 bridgehead atoms. The summed E-state index contributed by atoms with van der Waals surface area (Å²) in [4.78, 5) is 26.4. The van der Waals surface area contributed by atoms with Gasteiger partial charge in [-0.3, -0.25) is 4.79 Å². The Bertz CT molecular complexity index is 1230. The number of nitrogens with one attached hydrogen (secondary N) is 1. The van der Waals surface area contributed by atoms with Crippen molar-refractivity contribution in [2.24, 2.45) is 7.05 Å². The van der Waals surface area contributed by atoms with Crippen molar-refractivity contribution in [3.05, 3.63) is 51.1 Å². The Hall–Kier alpha value is -2.56. The van der Waals surface area contributed by atoms with Gasteiger partial charge in [0, 0.05) is 16.9 Å². The zero-order chi connectivity index (χ0) is 24.9. The van der Waals surface area contributed by atoms with Crippen molar-refractivity contribution < 1.29 is 19.1 Å². The van der Waals surface area contributed by atoms with Crippen LogP contribution >= 0.6 is 34.7 Å². The smallest absolute Gasteiger partial charge is 0.341 e. The fraction of sp³-hybridized carbons (Fsp3) is 0.417. The standard InChI is InChI=1S/C24H27ClN4O4S2/c1-14(33-16-9-7-8-15(25)12-16)21-27-28-24(29(21)2)34-13-19(30)26-22-20(23(31)32-3)17-10-5-4-6-11-18(17)35-22/h7-9,12,14H,4-6,10-11,13H2,1-3H3,(H,26,30). The number of aryl methyl sites for hydroxylation is 1. The molecule has 1 aromatic carbocycles. The summed E-state index contributed by atoms with van der Waals surface area (Å²) in [6, 6.07) is 7.16. The molecule has 0 saturated carbocycles. The van der Waals surface area contributed by atoms with Gasteiger partial charge in [0.1, 0.15) is 10.8 Å². The Morgan fingerprint density at radius 3 is 2.83 bits per heavy atom. The molecule has 35 heavy (non-hydrogen) atoms. The zero-order valence-corrected chi connectivity index (χ0v) is 22.2. The summed E-state index contributed by atoms with van der Waals surface area (Å²) < 4.78 is 12.8. The van der Waals surface area contributed by atoms with Crippen LogP contribution in [0.2, 0.25) is 5.02 Å². The second-order valence-corrected chi connectivity index (χ2v) is 10.7. The number of anilines is 1. The minimum Gasteiger partial charge on any atom is -0.483 e. The van der Waals surface area contributed by atoms with E-state index >= 15 is 0 Å². The van der Waals surface area contributed by atoms with E-state index in [0.29, 0.717) is 32.3 Å². The Morgan fingerprint density at radius 2 is 2.06 bits per heavy atom. The number of amides is 1. The van der Waals surface area contributed by atoms with Crippen LogP contribution in [0.25, 0.3) is 0 Å². The Labute approximate surface area is 217 Å². The van der Waals surface area contributed by atoms with Gasteiger partial charge in [-0.2, -0.15) is 0 Å². The van der Waals surface area contributed by atoms with E-state index < -0.39 is 5.97 Å². The highest BCUT2D eigenvalue weighted by Crippen LogP contribution is 2.38. The number of rotatable bonds is 8. The van der Waals surface area contributed by atoms with Crippen LogP contribution in [0.4, 0.5) is 5.00 Å². The summed E-state index contributed by atoms with van der Waals surface area (Å²) in [6.07, 6.45) is 4.65. The number of thiophene rings is 1. The number of carbonyl (C=O) groups excluding carboxylic acids is 2. The first-order chi connectivity index (χ1) is 16.9. The molecule has 1 amide bonds. The summed E-state index contributed by atoms with van der Waals surface area (Å²) >= 11 is 8.78. The fourth-order valence-electron chi connectivity index (χ4n) is 4.04. The first kappa shape index (κ1) is 25.5. The third kappa shape index (κ3) is 5.99. The van der Waals surface area contributed by atoms with Crippen LogP contribution in [0, 0.1) is 0 Å². The molecular weight excluding hydrogens is 508 g/mol. The third-order valence-electron chi connectivity index (χ3n) is 5.74. The fourth-order valence-corrected chi connectivity index (χ4v) is 6.24. The van der Waals surface area contributed by atoms with E-state index in [1.54, 1.807) is 16.7 Å². The maximum Gasteiger partial charge on any atom is 0.341 e. The average molecular weight is 535 g/mol. The molecule has 1 unspecified atom stereocenters. The van der Waals surface area contributed by atoms with Gasteiger partial charge in [0.05, 0.1) is 18.4 Å². The zero-order valence-electron chi connectivity index (χ0n) is 19.8. The first-order valence-corrected chi connectivity index (χ1v) is 13.5. The number of hydrogen-bond acceptors (Lipinski definition) is 8. The van der Waals surface area contributed by atoms with Gasteiger partial charge in [0.15, 0.2) is 17.1 Å². The van der Waals surface area contributed by atoms with Gasteiger partial charge >= 0.3 is 5.97 Å². The highest BCUT2D eigenvalue weighted by molar-refractivity contribution is 7.99. The first-order valence-electron chi connectivity index (χ1n) is 11.3. The number of esters is 1. The molecule has 1 aliphatic carbocycles. The minimum absolute atomic E-state index is 0.124. The predicted octanol–water partition coefficient (Wildman–Crippen LogP) is 5.46. The van der Waals surface area contributed by atoms with E-state index in [0.717, 1.165) is 42.5 Å². The molecule has 11 heteroatoms. The molecule has 1 aliphatic rings. The van der Waals surface area contributed by atoms with Crippen molar-refractivity contribution in [1.29, 1.82) is 0 Å². The van der Waals surface area contributed by atoms with Gasteiger partial charge in [-0.15, -0.1) is 21.5 Å². The number of ether oxygens (including phenoxy) is 2. The summed E-state index contributed by atoms with van der Waals surface area (Å²) in [5, 5.41) is 13.1. The molecule has 2 aromatic heterocycles. The summed E-state index contributed by atoms with van der Waals surface area (Å²) in [7, 11) is 3.20. The molecule has 0 saturated heterocycles. The highest BCUT2D eigenvalue weighted by Gasteiger charge is 2.26. The van der Waals surface area contributed by atoms with Gasteiger partial charge in [0.25, 0.3) is 0 Å². The molecule has 0 radical (unpaired) electrons. The summed E-state index contributed by atoms with van der Waals surface area (Å²) in [5.74, 6) is 0.766. The van der Waals surface area contributed by atoms with Crippen molar-refractivity contribution >= 4 is 51.6 Å². The predicted molar refractivity (Wildman–Crippen MR) is 138 cm³/mol. The number of nitrogens with zero attached hydrogens (tertiary/aromatic N) is 3. The Kier molecular flexibility index (Phi) is 8.35. The lowest BCUT2D eigenvalue weighted by Gasteiger charge is -2.14. The van der Waals surface area contributed by atoms with Crippen LogP contribution in [-0.4, -0.2) is 39.5 Å². The second kappa shape index (κ2) is 11.5. The Balaban J connectivity index is 1.41. The van der Waals surface area contributed by atoms with E-state index in [2.05, 4.69) is 15.5 Å². The van der Waals surface area contributed by atoms with Crippen molar-refractivity contribution in [2.75, 3.05) is 18.2 Å². The molecule has 8 nitrogen and oxygen atoms in total. The van der Waals surface area contributed by atoms with Crippen LogP contribution in [0.1, 0.15) is 58.9 Å². The normalized spacial score (nSPS) is 14.1. The van der Waals surface area contributed by atoms with E-state index in [9.17, 15) is 9.59 Å². The maximum absolute atomic E-state index is 12.8. The summed E-state index contributed by atoms with van der Waals surface area (Å²) in [6.45, 7) is 1.88. The van der Waals surface area contributed by atoms with Crippen LogP contribution < -0.4 is 10.1 Å². The number of thioether (sulfide) groups is 1. The van der Waals surface area contributed by atoms with E-state index in [1.807, 2.05) is 26.1 Å². The molecule has 3 aromatic rings. The van der Waals surface area contributed by atoms with Crippen LogP contribution in [-0.2, 0) is 29.4 Å². The molecule has 0 spiro atoms. The quantitative estimate of drug-likeness (QED) is 0.233. The van der Waals surface area contributed by atoms with Crippen LogP contribution in [0.15, 0.2) is 29.4 Å². The molecule has 186 valence electrons. The maximum atomic E-state index is 12.8. The van der Waals surface area contributed by atoms with Gasteiger partial charge in [-0.1, -0.05) is 35.9 Å². The molecule has 0 aliphatic heterocycles. The number of methoxy groups -OCH3 is 1. The second-order valence-electron chi connectivity index (χ2n) is 8.21. The number of carbonyl (C=O) groups is 2. The molecular formula is C24H27ClN4O4S2. The number of fused-ring (bicyclic) bond motifs is 1. The van der Waals surface area contributed by atoms with Gasteiger partial charge in [-0.25, -0.2) is 4.79 Å². The Morgan fingerprint density at radius 1 is 1.26 bits per heavy atom. The van der Waals surface area contributed by atoms with Crippen LogP contribution in [0.5, 0.6) is 5.75 Å². The van der Waals surface area contributed by atoms with Gasteiger partial charge in [-0.05, 0) is 56.4 Å². The van der Waals surface area contributed by atoms with E-state index in [1.165, 1.54) is 30.2 Å². The third-order valence-corrected chi connectivity index (χ3v) is 8.20. The molecule has 0 fully saturated rings. The van der Waals surface area contributed by atoms with Crippen LogP contribution in [0.3, 0.4) is 0 Å². The van der Waals surface area contributed by atoms with E-state index in [-0.39, 0.29) is 17.8 Å². The van der Waals surface area contributed by atoms with Gasteiger partial charge in [0.2, 0.25) is 5.91 Å². The van der Waals surface area contributed by atoms with Gasteiger partial charge < -0.3 is 19.4 Å². The minimum atomic E-state index is -0.404. The lowest BCUT2D eigenvalue weighted by Crippen LogP contribution is -2.17. The number of halogens is 1.